The first-order valence-corrected chi connectivity index (χ1v) is 6.07. The van der Waals surface area contributed by atoms with Gasteiger partial charge in [0.05, 0.1) is 15.4 Å². The van der Waals surface area contributed by atoms with E-state index in [1.165, 1.54) is 0 Å². The zero-order valence-corrected chi connectivity index (χ0v) is 11.0. The Labute approximate surface area is 101 Å². The molecule has 0 aliphatic rings. The van der Waals surface area contributed by atoms with Crippen molar-refractivity contribution in [3.8, 4) is 0 Å². The molecule has 0 saturated carbocycles. The van der Waals surface area contributed by atoms with E-state index in [0.29, 0.717) is 13.1 Å². The lowest BCUT2D eigenvalue weighted by atomic mass is 9.94. The Bertz CT molecular complexity index is 352. The van der Waals surface area contributed by atoms with Gasteiger partial charge in [0, 0.05) is 13.1 Å². The minimum Gasteiger partial charge on any atom is -0.481 e. The molecule has 4 nitrogen and oxygen atoms in total. The van der Waals surface area contributed by atoms with Crippen molar-refractivity contribution in [3.05, 3.63) is 15.0 Å². The van der Waals surface area contributed by atoms with Gasteiger partial charge in [-0.2, -0.15) is 0 Å². The molecule has 1 rings (SSSR count). The van der Waals surface area contributed by atoms with E-state index in [1.54, 1.807) is 31.4 Å². The van der Waals surface area contributed by atoms with Gasteiger partial charge in [0.15, 0.2) is 0 Å². The molecule has 0 amide bonds. The van der Waals surface area contributed by atoms with Gasteiger partial charge < -0.3 is 10.4 Å². The highest BCUT2D eigenvalue weighted by Crippen LogP contribution is 2.19. The number of aromatic nitrogens is 1. The summed E-state index contributed by atoms with van der Waals surface area (Å²) >= 11 is 4.86. The average molecular weight is 293 g/mol. The largest absolute Gasteiger partial charge is 0.481 e. The van der Waals surface area contributed by atoms with Gasteiger partial charge in [0.25, 0.3) is 0 Å². The number of rotatable bonds is 5. The monoisotopic (exact) mass is 292 g/mol. The number of thiazole rings is 1. The summed E-state index contributed by atoms with van der Waals surface area (Å²) in [5.74, 6) is -0.796. The van der Waals surface area contributed by atoms with E-state index in [1.807, 2.05) is 0 Å². The second kappa shape index (κ2) is 5.05. The fourth-order valence-corrected chi connectivity index (χ4v) is 2.20. The van der Waals surface area contributed by atoms with Gasteiger partial charge in [-0.15, -0.1) is 11.3 Å². The van der Waals surface area contributed by atoms with Crippen LogP contribution in [-0.4, -0.2) is 22.6 Å². The van der Waals surface area contributed by atoms with Gasteiger partial charge in [-0.25, -0.2) is 4.98 Å². The van der Waals surface area contributed by atoms with Crippen LogP contribution in [0, 0.1) is 5.41 Å². The summed E-state index contributed by atoms with van der Waals surface area (Å²) in [7, 11) is 0. The van der Waals surface area contributed by atoms with Crippen LogP contribution >= 0.6 is 27.3 Å². The van der Waals surface area contributed by atoms with Gasteiger partial charge in [0.1, 0.15) is 5.01 Å². The first-order chi connectivity index (χ1) is 6.92. The highest BCUT2D eigenvalue weighted by molar-refractivity contribution is 9.11. The average Bonchev–Trinajstić information content (AvgIpc) is 2.51. The third-order valence-corrected chi connectivity index (χ3v) is 3.42. The number of hydrogen-bond acceptors (Lipinski definition) is 4. The molecular formula is C9H13BrN2O2S. The molecule has 0 bridgehead atoms. The Morgan fingerprint density at radius 2 is 2.40 bits per heavy atom. The van der Waals surface area contributed by atoms with E-state index in [4.69, 9.17) is 5.11 Å². The van der Waals surface area contributed by atoms with Crippen molar-refractivity contribution in [2.45, 2.75) is 20.4 Å². The molecule has 6 heteroatoms. The van der Waals surface area contributed by atoms with E-state index in [0.717, 1.165) is 8.79 Å². The maximum Gasteiger partial charge on any atom is 0.310 e. The Hall–Kier alpha value is -0.460. The number of nitrogens with one attached hydrogen (secondary N) is 1. The molecule has 15 heavy (non-hydrogen) atoms. The van der Waals surface area contributed by atoms with E-state index in [9.17, 15) is 4.79 Å². The highest BCUT2D eigenvalue weighted by atomic mass is 79.9. The molecule has 0 aliphatic carbocycles. The van der Waals surface area contributed by atoms with Crippen LogP contribution in [0.4, 0.5) is 0 Å². The lowest BCUT2D eigenvalue weighted by molar-refractivity contribution is -0.146. The number of carboxylic acids is 1. The maximum atomic E-state index is 10.8. The second-order valence-corrected chi connectivity index (χ2v) is 6.35. The Morgan fingerprint density at radius 3 is 2.87 bits per heavy atom. The van der Waals surface area contributed by atoms with Crippen LogP contribution in [-0.2, 0) is 11.3 Å². The predicted octanol–water partition coefficient (Wildman–Crippen LogP) is 2.11. The van der Waals surface area contributed by atoms with Crippen LogP contribution in [0.5, 0.6) is 0 Å². The second-order valence-electron chi connectivity index (χ2n) is 3.85. The fraction of sp³-hybridized carbons (Fsp3) is 0.556. The van der Waals surface area contributed by atoms with Crippen molar-refractivity contribution in [1.29, 1.82) is 0 Å². The molecule has 0 unspecified atom stereocenters. The molecule has 0 spiro atoms. The number of carbonyl (C=O) groups is 1. The zero-order valence-electron chi connectivity index (χ0n) is 8.58. The number of nitrogens with zero attached hydrogens (tertiary/aromatic N) is 1. The fourth-order valence-electron chi connectivity index (χ4n) is 0.927. The van der Waals surface area contributed by atoms with Crippen molar-refractivity contribution < 1.29 is 9.90 Å². The van der Waals surface area contributed by atoms with E-state index in [2.05, 4.69) is 26.2 Å². The summed E-state index contributed by atoms with van der Waals surface area (Å²) in [6.07, 6.45) is 1.74. The molecule has 1 aromatic heterocycles. The minimum atomic E-state index is -0.796. The molecule has 0 fully saturated rings. The number of aliphatic carboxylic acids is 1. The van der Waals surface area contributed by atoms with Crippen LogP contribution < -0.4 is 5.32 Å². The molecule has 0 saturated heterocycles. The van der Waals surface area contributed by atoms with Crippen molar-refractivity contribution >= 4 is 33.2 Å². The predicted molar refractivity (Wildman–Crippen MR) is 62.9 cm³/mol. The van der Waals surface area contributed by atoms with E-state index < -0.39 is 11.4 Å². The third-order valence-electron chi connectivity index (χ3n) is 1.95. The summed E-state index contributed by atoms with van der Waals surface area (Å²) in [5, 5.41) is 12.9. The topological polar surface area (TPSA) is 62.2 Å². The van der Waals surface area contributed by atoms with Gasteiger partial charge >= 0.3 is 5.97 Å². The summed E-state index contributed by atoms with van der Waals surface area (Å²) in [6.45, 7) is 4.42. The molecular weight excluding hydrogens is 280 g/mol. The number of halogens is 1. The molecule has 0 radical (unpaired) electrons. The van der Waals surface area contributed by atoms with E-state index >= 15 is 0 Å². The smallest absolute Gasteiger partial charge is 0.310 e. The molecule has 0 atom stereocenters. The van der Waals surface area contributed by atoms with Crippen molar-refractivity contribution in [1.82, 2.24) is 10.3 Å². The van der Waals surface area contributed by atoms with Gasteiger partial charge in [0.2, 0.25) is 0 Å². The Kier molecular flexibility index (Phi) is 4.24. The highest BCUT2D eigenvalue weighted by Gasteiger charge is 2.26. The lowest BCUT2D eigenvalue weighted by Crippen LogP contribution is -2.35. The lowest BCUT2D eigenvalue weighted by Gasteiger charge is -2.18. The van der Waals surface area contributed by atoms with E-state index in [-0.39, 0.29) is 0 Å². The van der Waals surface area contributed by atoms with Crippen molar-refractivity contribution in [2.24, 2.45) is 5.41 Å². The van der Waals surface area contributed by atoms with Crippen LogP contribution in [0.15, 0.2) is 9.98 Å². The van der Waals surface area contributed by atoms with Crippen LogP contribution in [0.1, 0.15) is 18.9 Å². The normalized spacial score (nSPS) is 11.7. The Balaban J connectivity index is 2.36. The number of carboxylic acid groups (broad SMARTS) is 1. The summed E-state index contributed by atoms with van der Waals surface area (Å²) in [5.41, 5.74) is -0.742. The first kappa shape index (κ1) is 12.6. The maximum absolute atomic E-state index is 10.8. The molecule has 84 valence electrons. The van der Waals surface area contributed by atoms with Gasteiger partial charge in [-0.1, -0.05) is 0 Å². The molecule has 0 aromatic carbocycles. The molecule has 1 heterocycles. The third kappa shape index (κ3) is 3.89. The summed E-state index contributed by atoms with van der Waals surface area (Å²) in [6, 6.07) is 0. The quantitative estimate of drug-likeness (QED) is 0.873. The minimum absolute atomic E-state index is 0.430. The SMILES string of the molecule is CC(C)(CNCc1ncc(Br)s1)C(=O)O. The van der Waals surface area contributed by atoms with Crippen molar-refractivity contribution in [3.63, 3.8) is 0 Å². The summed E-state index contributed by atoms with van der Waals surface area (Å²) in [4.78, 5) is 14.9. The Morgan fingerprint density at radius 1 is 1.73 bits per heavy atom. The number of hydrogen-bond donors (Lipinski definition) is 2. The molecule has 2 N–H and O–H groups in total. The van der Waals surface area contributed by atoms with Gasteiger partial charge in [-0.05, 0) is 29.8 Å². The summed E-state index contributed by atoms with van der Waals surface area (Å²) < 4.78 is 0.983. The van der Waals surface area contributed by atoms with Crippen molar-refractivity contribution in [2.75, 3.05) is 6.54 Å². The molecule has 1 aromatic rings. The van der Waals surface area contributed by atoms with Crippen LogP contribution in [0.25, 0.3) is 0 Å². The standard InChI is InChI=1S/C9H13BrN2O2S/c1-9(2,8(13)14)5-11-4-7-12-3-6(10)15-7/h3,11H,4-5H2,1-2H3,(H,13,14). The zero-order chi connectivity index (χ0) is 11.5. The van der Waals surface area contributed by atoms with Crippen LogP contribution in [0.2, 0.25) is 0 Å². The van der Waals surface area contributed by atoms with Gasteiger partial charge in [-0.3, -0.25) is 4.79 Å². The molecule has 0 aliphatic heterocycles. The first-order valence-electron chi connectivity index (χ1n) is 4.46. The van der Waals surface area contributed by atoms with Crippen LogP contribution in [0.3, 0.4) is 0 Å².